The van der Waals surface area contributed by atoms with Crippen molar-refractivity contribution < 1.29 is 24.1 Å². The summed E-state index contributed by atoms with van der Waals surface area (Å²) < 4.78 is 19.0. The van der Waals surface area contributed by atoms with Gasteiger partial charge in [-0.15, -0.1) is 0 Å². The molecule has 4 aliphatic rings. The number of piperidine rings is 1. The van der Waals surface area contributed by atoms with Crippen LogP contribution in [0.15, 0.2) is 12.1 Å². The Morgan fingerprint density at radius 1 is 1.29 bits per heavy atom. The van der Waals surface area contributed by atoms with E-state index in [1.165, 1.54) is 5.56 Å². The molecule has 2 unspecified atom stereocenters. The number of phenols is 1. The summed E-state index contributed by atoms with van der Waals surface area (Å²) in [4.78, 5) is 15.6. The number of esters is 1. The van der Waals surface area contributed by atoms with Crippen molar-refractivity contribution >= 4 is 5.97 Å². The molecule has 1 saturated heterocycles. The van der Waals surface area contributed by atoms with Crippen LogP contribution in [0, 0.1) is 5.92 Å². The van der Waals surface area contributed by atoms with E-state index in [9.17, 15) is 9.90 Å². The molecule has 2 bridgehead atoms. The van der Waals surface area contributed by atoms with Crippen LogP contribution in [-0.2, 0) is 26.1 Å². The number of aromatic hydroxyl groups is 1. The molecule has 2 aliphatic heterocycles. The lowest BCUT2D eigenvalue weighted by Gasteiger charge is -2.65. The van der Waals surface area contributed by atoms with Crippen LogP contribution in [0.1, 0.15) is 65.0 Å². The third kappa shape index (κ3) is 3.16. The minimum atomic E-state index is -0.548. The molecule has 5 rings (SSSR count). The van der Waals surface area contributed by atoms with Crippen LogP contribution >= 0.6 is 0 Å². The van der Waals surface area contributed by atoms with Gasteiger partial charge in [0.25, 0.3) is 0 Å². The zero-order chi connectivity index (χ0) is 24.6. The van der Waals surface area contributed by atoms with Gasteiger partial charge in [-0.25, -0.2) is 0 Å². The van der Waals surface area contributed by atoms with E-state index in [0.717, 1.165) is 37.8 Å². The molecular weight excluding hydrogens is 432 g/mol. The van der Waals surface area contributed by atoms with E-state index in [1.54, 1.807) is 6.07 Å². The van der Waals surface area contributed by atoms with Crippen molar-refractivity contribution in [2.24, 2.45) is 5.92 Å². The number of phenolic OH excluding ortho intramolecular Hbond substituents is 1. The predicted molar refractivity (Wildman–Crippen MR) is 129 cm³/mol. The zero-order valence-corrected chi connectivity index (χ0v) is 21.6. The van der Waals surface area contributed by atoms with E-state index in [-0.39, 0.29) is 41.2 Å². The van der Waals surface area contributed by atoms with Crippen molar-refractivity contribution in [3.63, 3.8) is 0 Å². The quantitative estimate of drug-likeness (QED) is 0.637. The van der Waals surface area contributed by atoms with Crippen LogP contribution in [0.5, 0.6) is 11.5 Å². The van der Waals surface area contributed by atoms with Crippen LogP contribution < -0.4 is 10.1 Å². The molecule has 1 spiro atoms. The lowest BCUT2D eigenvalue weighted by molar-refractivity contribution is -0.204. The highest BCUT2D eigenvalue weighted by Gasteiger charge is 2.73. The maximum atomic E-state index is 13.1. The molecule has 6 atom stereocenters. The van der Waals surface area contributed by atoms with Gasteiger partial charge in [0.05, 0.1) is 11.0 Å². The number of hydrogen-bond acceptors (Lipinski definition) is 7. The van der Waals surface area contributed by atoms with Crippen LogP contribution in [0.2, 0.25) is 0 Å². The molecular formula is C27H40N2O5. The summed E-state index contributed by atoms with van der Waals surface area (Å²) in [5.74, 6) is 0.633. The normalized spacial score (nSPS) is 35.0. The maximum Gasteiger partial charge on any atom is 0.323 e. The van der Waals surface area contributed by atoms with Crippen molar-refractivity contribution in [3.05, 3.63) is 23.3 Å². The topological polar surface area (TPSA) is 80.3 Å². The van der Waals surface area contributed by atoms with Gasteiger partial charge < -0.3 is 24.2 Å². The molecule has 1 aromatic carbocycles. The van der Waals surface area contributed by atoms with Crippen LogP contribution in [0.25, 0.3) is 0 Å². The molecule has 2 heterocycles. The van der Waals surface area contributed by atoms with Crippen molar-refractivity contribution in [2.75, 3.05) is 20.7 Å². The standard InChI is InChI=1S/C27H40N2O5/c1-15(2)21(24(31)34-25(3,4)5)28-17-10-11-27(32-7)19-14-16-8-9-18(30)22-20(16)26(27,23(17)33-22)12-13-29(19)6/h8-9,15,17,19,21,23,28,30H,10-14H2,1-7H3/t17-,19?,21-,23+,26?,27-/m1/s1. The van der Waals surface area contributed by atoms with E-state index in [1.807, 2.05) is 41.7 Å². The number of ether oxygens (including phenoxy) is 3. The molecule has 34 heavy (non-hydrogen) atoms. The van der Waals surface area contributed by atoms with Gasteiger partial charge in [0, 0.05) is 24.8 Å². The maximum absolute atomic E-state index is 13.1. The molecule has 2 N–H and O–H groups in total. The number of likely N-dealkylation sites (N-methyl/N-ethyl adjacent to an activating group) is 1. The molecule has 0 amide bonds. The highest BCUT2D eigenvalue weighted by atomic mass is 16.6. The number of hydrogen-bond donors (Lipinski definition) is 2. The van der Waals surface area contributed by atoms with Gasteiger partial charge in [-0.2, -0.15) is 0 Å². The highest BCUT2D eigenvalue weighted by Crippen LogP contribution is 2.66. The fraction of sp³-hybridized carbons (Fsp3) is 0.741. The number of methoxy groups -OCH3 is 1. The van der Waals surface area contributed by atoms with Gasteiger partial charge in [0.1, 0.15) is 17.7 Å². The Kier molecular flexibility index (Phi) is 5.51. The van der Waals surface area contributed by atoms with E-state index >= 15 is 0 Å². The summed E-state index contributed by atoms with van der Waals surface area (Å²) in [7, 11) is 4.03. The Bertz CT molecular complexity index is 988. The SMILES string of the molecule is CO[C@@]12CC[C@@H](N[C@@H](C(=O)OC(C)(C)C)C(C)C)[C@@H]3Oc4c(O)ccc5c4C31CCN(C)C2C5. The first-order valence-electron chi connectivity index (χ1n) is 12.7. The summed E-state index contributed by atoms with van der Waals surface area (Å²) in [6.07, 6.45) is 3.22. The second kappa shape index (κ2) is 7.84. The second-order valence-electron chi connectivity index (χ2n) is 12.1. The molecule has 2 fully saturated rings. The first-order chi connectivity index (χ1) is 15.9. The van der Waals surface area contributed by atoms with Crippen molar-refractivity contribution in [2.45, 2.75) is 101 Å². The van der Waals surface area contributed by atoms with Crippen molar-refractivity contribution in [1.29, 1.82) is 0 Å². The van der Waals surface area contributed by atoms with E-state index in [0.29, 0.717) is 5.75 Å². The monoisotopic (exact) mass is 472 g/mol. The molecule has 1 saturated carbocycles. The Morgan fingerprint density at radius 3 is 2.68 bits per heavy atom. The lowest BCUT2D eigenvalue weighted by atomic mass is 9.48. The summed E-state index contributed by atoms with van der Waals surface area (Å²) in [5, 5.41) is 14.5. The van der Waals surface area contributed by atoms with Gasteiger partial charge in [0.2, 0.25) is 0 Å². The summed E-state index contributed by atoms with van der Waals surface area (Å²) in [5.41, 5.74) is 1.06. The third-order valence-corrected chi connectivity index (χ3v) is 8.77. The zero-order valence-electron chi connectivity index (χ0n) is 21.6. The summed E-state index contributed by atoms with van der Waals surface area (Å²) in [6, 6.07) is 3.56. The smallest absolute Gasteiger partial charge is 0.323 e. The van der Waals surface area contributed by atoms with Crippen LogP contribution in [0.4, 0.5) is 0 Å². The Balaban J connectivity index is 1.57. The lowest BCUT2D eigenvalue weighted by Crippen LogP contribution is -2.78. The number of carbonyl (C=O) groups is 1. The molecule has 7 nitrogen and oxygen atoms in total. The van der Waals surface area contributed by atoms with Gasteiger partial charge in [-0.1, -0.05) is 19.9 Å². The van der Waals surface area contributed by atoms with E-state index < -0.39 is 17.2 Å². The summed E-state index contributed by atoms with van der Waals surface area (Å²) in [6.45, 7) is 10.7. The average Bonchev–Trinajstić information content (AvgIpc) is 3.11. The number of carbonyl (C=O) groups excluding carboxylic acids is 1. The van der Waals surface area contributed by atoms with E-state index in [2.05, 4.69) is 23.3 Å². The van der Waals surface area contributed by atoms with Gasteiger partial charge >= 0.3 is 5.97 Å². The van der Waals surface area contributed by atoms with E-state index in [4.69, 9.17) is 14.2 Å². The number of nitrogens with one attached hydrogen (secondary N) is 1. The average molecular weight is 473 g/mol. The fourth-order valence-corrected chi connectivity index (χ4v) is 7.44. The number of rotatable bonds is 5. The van der Waals surface area contributed by atoms with Crippen molar-refractivity contribution in [3.8, 4) is 11.5 Å². The Morgan fingerprint density at radius 2 is 2.03 bits per heavy atom. The molecule has 7 heteroatoms. The molecule has 1 aromatic rings. The largest absolute Gasteiger partial charge is 0.504 e. The number of benzene rings is 1. The number of likely N-dealkylation sites (tertiary alicyclic amines) is 1. The Labute approximate surface area is 203 Å². The van der Waals surface area contributed by atoms with Crippen LogP contribution in [0.3, 0.4) is 0 Å². The van der Waals surface area contributed by atoms with Gasteiger partial charge in [0.15, 0.2) is 11.5 Å². The molecule has 188 valence electrons. The Hall–Kier alpha value is -1.83. The highest BCUT2D eigenvalue weighted by molar-refractivity contribution is 5.76. The molecule has 0 aromatic heterocycles. The third-order valence-electron chi connectivity index (χ3n) is 8.77. The second-order valence-corrected chi connectivity index (χ2v) is 12.1. The first-order valence-corrected chi connectivity index (χ1v) is 12.7. The van der Waals surface area contributed by atoms with Crippen LogP contribution in [-0.4, -0.2) is 72.1 Å². The van der Waals surface area contributed by atoms with Gasteiger partial charge in [-0.3, -0.25) is 10.1 Å². The molecule has 2 aliphatic carbocycles. The minimum absolute atomic E-state index is 0.0609. The fourth-order valence-electron chi connectivity index (χ4n) is 7.44. The van der Waals surface area contributed by atoms with Gasteiger partial charge in [-0.05, 0) is 77.6 Å². The minimum Gasteiger partial charge on any atom is -0.504 e. The van der Waals surface area contributed by atoms with Crippen molar-refractivity contribution in [1.82, 2.24) is 10.2 Å². The first kappa shape index (κ1) is 23.9. The summed E-state index contributed by atoms with van der Waals surface area (Å²) >= 11 is 0. The molecule has 0 radical (unpaired) electrons. The number of nitrogens with zero attached hydrogens (tertiary/aromatic N) is 1. The predicted octanol–water partition coefficient (Wildman–Crippen LogP) is 3.15.